The van der Waals surface area contributed by atoms with Gasteiger partial charge in [-0.05, 0) is 98.8 Å². The topological polar surface area (TPSA) is 209 Å². The molecular weight excluding hydrogens is 977 g/mol. The number of ether oxygens (including phenoxy) is 1. The summed E-state index contributed by atoms with van der Waals surface area (Å²) in [6, 6.07) is 18.0. The number of alkyl halides is 1. The molecule has 4 amide bonds. The minimum absolute atomic E-state index is 0.0105. The molecule has 0 spiro atoms. The van der Waals surface area contributed by atoms with Crippen LogP contribution in [0, 0.1) is 0 Å². The van der Waals surface area contributed by atoms with E-state index in [0.717, 1.165) is 13.8 Å². The molecule has 0 aliphatic carbocycles. The average Bonchev–Trinajstić information content (AvgIpc) is 3.23. The summed E-state index contributed by atoms with van der Waals surface area (Å²) in [6.45, 7) is 2.21. The fourth-order valence-electron chi connectivity index (χ4n) is 5.29. The molecule has 5 aromatic rings. The van der Waals surface area contributed by atoms with Crippen molar-refractivity contribution in [2.45, 2.75) is 25.9 Å². The summed E-state index contributed by atoms with van der Waals surface area (Å²) in [7, 11) is 0. The molecule has 22 heteroatoms. The van der Waals surface area contributed by atoms with Gasteiger partial charge in [-0.25, -0.2) is 0 Å². The Hall–Kier alpha value is -5.65. The number of benzene rings is 5. The highest BCUT2D eigenvalue weighted by molar-refractivity contribution is 6.38. The van der Waals surface area contributed by atoms with Crippen molar-refractivity contribution >= 4 is 151 Å². The lowest BCUT2D eigenvalue weighted by Gasteiger charge is -2.16. The van der Waals surface area contributed by atoms with Gasteiger partial charge in [0.2, 0.25) is 12.1 Å². The number of hydrogen-bond donors (Lipinski definition) is 4. The Labute approximate surface area is 399 Å². The number of Topliss-reactive ketones (excluding diaryl/α,β-unsaturated/α-hetero) is 2. The Kier molecular flexibility index (Phi) is 17.6. The summed E-state index contributed by atoms with van der Waals surface area (Å²) in [4.78, 5) is 78.1. The van der Waals surface area contributed by atoms with Gasteiger partial charge in [-0.2, -0.15) is 20.5 Å². The van der Waals surface area contributed by atoms with Crippen LogP contribution in [0.5, 0.6) is 5.75 Å². The lowest BCUT2D eigenvalue weighted by molar-refractivity contribution is -0.127. The summed E-state index contributed by atoms with van der Waals surface area (Å²) in [6.07, 6.45) is 0. The summed E-state index contributed by atoms with van der Waals surface area (Å²) in [5.74, 6) is -4.29. The largest absolute Gasteiger partial charge is 0.490 e. The predicted octanol–water partition coefficient (Wildman–Crippen LogP) is 12.1. The van der Waals surface area contributed by atoms with Crippen LogP contribution >= 0.6 is 81.2 Å². The van der Waals surface area contributed by atoms with E-state index in [1.54, 1.807) is 12.1 Å². The number of rotatable bonds is 17. The van der Waals surface area contributed by atoms with Gasteiger partial charge in [0, 0.05) is 32.9 Å². The summed E-state index contributed by atoms with van der Waals surface area (Å²) in [5, 5.41) is 27.6. The zero-order valence-electron chi connectivity index (χ0n) is 33.0. The van der Waals surface area contributed by atoms with Crippen LogP contribution in [0.25, 0.3) is 0 Å². The molecule has 5 rings (SSSR count). The highest BCUT2D eigenvalue weighted by Crippen LogP contribution is 2.33. The van der Waals surface area contributed by atoms with Crippen molar-refractivity contribution in [3.8, 4) is 5.75 Å². The molecule has 0 aliphatic heterocycles. The highest BCUT2D eigenvalue weighted by atomic mass is 35.5. The number of carbonyl (C=O) groups excluding carboxylic acids is 6. The van der Waals surface area contributed by atoms with E-state index in [4.69, 9.17) is 85.9 Å². The molecule has 4 N–H and O–H groups in total. The van der Waals surface area contributed by atoms with Gasteiger partial charge in [0.05, 0.1) is 43.0 Å². The number of nitrogens with zero attached hydrogens (tertiary/aromatic N) is 4. The molecule has 64 heavy (non-hydrogen) atoms. The Balaban J connectivity index is 1.29. The van der Waals surface area contributed by atoms with Crippen LogP contribution in [0.3, 0.4) is 0 Å². The second-order valence-corrected chi connectivity index (χ2v) is 16.1. The molecular formula is C42H31Cl7N8O7. The molecule has 5 aromatic carbocycles. The maximum absolute atomic E-state index is 13.5. The van der Waals surface area contributed by atoms with Gasteiger partial charge in [0.15, 0.2) is 11.6 Å². The lowest BCUT2D eigenvalue weighted by Crippen LogP contribution is -2.32. The molecule has 15 nitrogen and oxygen atoms in total. The Morgan fingerprint density at radius 1 is 0.531 bits per heavy atom. The Morgan fingerprint density at radius 3 is 1.42 bits per heavy atom. The van der Waals surface area contributed by atoms with Gasteiger partial charge in [-0.1, -0.05) is 69.6 Å². The second-order valence-electron chi connectivity index (χ2n) is 13.2. The minimum Gasteiger partial charge on any atom is -0.490 e. The molecule has 0 aromatic heterocycles. The van der Waals surface area contributed by atoms with Gasteiger partial charge in [0.1, 0.15) is 23.7 Å². The normalized spacial score (nSPS) is 12.1. The van der Waals surface area contributed by atoms with Crippen LogP contribution in [0.4, 0.5) is 34.1 Å². The smallest absolute Gasteiger partial charge is 0.258 e. The minimum atomic E-state index is -1.69. The maximum Gasteiger partial charge on any atom is 0.258 e. The van der Waals surface area contributed by atoms with Gasteiger partial charge in [0.25, 0.3) is 23.6 Å². The molecule has 0 aliphatic rings. The van der Waals surface area contributed by atoms with Crippen LogP contribution in [0.2, 0.25) is 30.1 Å². The average molecular weight is 1010 g/mol. The van der Waals surface area contributed by atoms with Gasteiger partial charge >= 0.3 is 0 Å². The number of amides is 4. The molecule has 0 bridgehead atoms. The standard InChI is InChI=1S/C42H31Cl7N8O7/c1-20(58)37(56-54-34-15-22(3-8-27(34)46)39(60)51-31-10-5-24(44)17-29(31)48)41(62)50-26-7-12-33(36(19-26)64-14-13-43)53-42(63)38(21(2)59)57-55-35-16-23(4-9-28(35)47)40(61)52-32-11-6-25(45)18-30(32)49/h3-12,15-19,37-38H,13-14H2,1-2H3,(H,50,62)(H,51,60)(H,52,61)(H,53,63). The van der Waals surface area contributed by atoms with E-state index < -0.39 is 47.3 Å². The lowest BCUT2D eigenvalue weighted by atomic mass is 10.1. The SMILES string of the molecule is CC(=O)C(N=Nc1cc(C(=O)Nc2ccc(Cl)cc2Cl)ccc1Cl)C(=O)Nc1ccc(NC(=O)C(N=Nc2cc(C(=O)Nc3ccc(Cl)cc3Cl)ccc2Cl)C(C)=O)c(OCCCl)c1. The molecule has 0 saturated carbocycles. The van der Waals surface area contributed by atoms with Gasteiger partial charge in [-0.3, -0.25) is 28.8 Å². The third-order valence-electron chi connectivity index (χ3n) is 8.45. The first-order valence-electron chi connectivity index (χ1n) is 18.3. The molecule has 330 valence electrons. The van der Waals surface area contributed by atoms with E-state index in [2.05, 4.69) is 41.7 Å². The van der Waals surface area contributed by atoms with Gasteiger partial charge < -0.3 is 26.0 Å². The van der Waals surface area contributed by atoms with Gasteiger partial charge in [-0.15, -0.1) is 11.6 Å². The predicted molar refractivity (Wildman–Crippen MR) is 250 cm³/mol. The van der Waals surface area contributed by atoms with Crippen LogP contribution in [0.1, 0.15) is 34.6 Å². The summed E-state index contributed by atoms with van der Waals surface area (Å²) >= 11 is 42.7. The monoisotopic (exact) mass is 1000 g/mol. The van der Waals surface area contributed by atoms with Crippen molar-refractivity contribution in [1.82, 2.24) is 0 Å². The van der Waals surface area contributed by atoms with E-state index in [1.165, 1.54) is 78.9 Å². The Bertz CT molecular complexity index is 2720. The summed E-state index contributed by atoms with van der Waals surface area (Å²) < 4.78 is 5.72. The zero-order chi connectivity index (χ0) is 46.7. The fraction of sp³-hybridized carbons (Fsp3) is 0.143. The van der Waals surface area contributed by atoms with Crippen molar-refractivity contribution in [2.24, 2.45) is 20.5 Å². The quantitative estimate of drug-likeness (QED) is 0.0402. The van der Waals surface area contributed by atoms with E-state index in [9.17, 15) is 28.8 Å². The van der Waals surface area contributed by atoms with Crippen molar-refractivity contribution in [3.05, 3.63) is 132 Å². The molecule has 0 radical (unpaired) electrons. The van der Waals surface area contributed by atoms with E-state index in [-0.39, 0.29) is 72.2 Å². The van der Waals surface area contributed by atoms with E-state index in [0.29, 0.717) is 21.4 Å². The fourth-order valence-corrected chi connectivity index (χ4v) is 6.59. The number of hydrogen-bond acceptors (Lipinski definition) is 11. The number of carbonyl (C=O) groups is 6. The zero-order valence-corrected chi connectivity index (χ0v) is 38.3. The molecule has 0 saturated heterocycles. The second kappa shape index (κ2) is 22.8. The maximum atomic E-state index is 13.5. The van der Waals surface area contributed by atoms with Crippen LogP contribution in [-0.2, 0) is 19.2 Å². The third kappa shape index (κ3) is 13.4. The highest BCUT2D eigenvalue weighted by Gasteiger charge is 2.27. The van der Waals surface area contributed by atoms with Crippen LogP contribution < -0.4 is 26.0 Å². The van der Waals surface area contributed by atoms with Crippen molar-refractivity contribution in [2.75, 3.05) is 33.8 Å². The molecule has 2 atom stereocenters. The van der Waals surface area contributed by atoms with E-state index >= 15 is 0 Å². The number of nitrogens with one attached hydrogen (secondary N) is 4. The number of halogens is 7. The first-order chi connectivity index (χ1) is 30.4. The molecule has 2 unspecified atom stereocenters. The first-order valence-corrected chi connectivity index (χ1v) is 21.1. The van der Waals surface area contributed by atoms with Crippen molar-refractivity contribution in [1.29, 1.82) is 0 Å². The third-order valence-corrected chi connectivity index (χ3v) is 10.3. The molecule has 0 fully saturated rings. The van der Waals surface area contributed by atoms with Crippen molar-refractivity contribution < 1.29 is 33.5 Å². The first kappa shape index (κ1) is 49.4. The summed E-state index contributed by atoms with van der Waals surface area (Å²) in [5.41, 5.74) is 0.927. The van der Waals surface area contributed by atoms with Crippen LogP contribution in [0.15, 0.2) is 111 Å². The number of azo groups is 2. The molecule has 0 heterocycles. The van der Waals surface area contributed by atoms with Crippen LogP contribution in [-0.4, -0.2) is 59.8 Å². The number of anilines is 4. The Morgan fingerprint density at radius 2 is 0.984 bits per heavy atom. The van der Waals surface area contributed by atoms with Crippen molar-refractivity contribution in [3.63, 3.8) is 0 Å². The number of ketones is 2. The van der Waals surface area contributed by atoms with E-state index in [1.807, 2.05) is 0 Å².